The summed E-state index contributed by atoms with van der Waals surface area (Å²) in [7, 11) is 1.28. The molecule has 1 saturated heterocycles. The summed E-state index contributed by atoms with van der Waals surface area (Å²) in [5, 5.41) is 18.2. The topological polar surface area (TPSA) is 177 Å². The van der Waals surface area contributed by atoms with Gasteiger partial charge in [0.1, 0.15) is 34.9 Å². The van der Waals surface area contributed by atoms with Crippen LogP contribution in [-0.4, -0.2) is 82.9 Å². The lowest BCUT2D eigenvalue weighted by molar-refractivity contribution is -0.150. The predicted molar refractivity (Wildman–Crippen MR) is 138 cm³/mol. The number of carboxylic acid groups (broad SMARTS) is 1. The number of carbonyl (C=O) groups is 3. The number of oxime groups is 1. The molecule has 3 aromatic rings. The number of amides is 2. The molecular formula is C21H20N8O5S3. The number of nitrogens with two attached hydrogens (primary N) is 1. The predicted octanol–water partition coefficient (Wildman–Crippen LogP) is 0.958. The first-order valence-electron chi connectivity index (χ1n) is 10.8. The van der Waals surface area contributed by atoms with Gasteiger partial charge in [0.05, 0.1) is 0 Å². The Morgan fingerprint density at radius 2 is 2.22 bits per heavy atom. The van der Waals surface area contributed by atoms with Crippen LogP contribution in [0.15, 0.2) is 45.3 Å². The molecule has 0 saturated carbocycles. The largest absolute Gasteiger partial charge is 0.477 e. The number of nitrogens with zero attached hydrogens (tertiary/aromatic N) is 6. The fraction of sp³-hybridized carbons (Fsp3) is 0.286. The number of carboxylic acids is 1. The number of aliphatic carboxylic acids is 1. The van der Waals surface area contributed by atoms with Crippen molar-refractivity contribution in [1.82, 2.24) is 29.6 Å². The Labute approximate surface area is 222 Å². The second-order valence-corrected chi connectivity index (χ2v) is 10.9. The highest BCUT2D eigenvalue weighted by Gasteiger charge is 2.54. The van der Waals surface area contributed by atoms with Crippen LogP contribution in [0, 0.1) is 6.92 Å². The van der Waals surface area contributed by atoms with Crippen molar-refractivity contribution in [2.75, 3.05) is 24.3 Å². The third-order valence-corrected chi connectivity index (χ3v) is 8.65. The molecule has 0 radical (unpaired) electrons. The SMILES string of the molecule is CON=C(C(=O)N[C@@H]1C(=O)N2C(C(=O)O)=C(CSc3cc(C)n4ccnc4n3)CS[C@@H]12)c1csc(N)n1. The molecule has 2 atom stereocenters. The van der Waals surface area contributed by atoms with E-state index in [0.717, 1.165) is 17.0 Å². The van der Waals surface area contributed by atoms with Gasteiger partial charge in [0.15, 0.2) is 10.8 Å². The van der Waals surface area contributed by atoms with Gasteiger partial charge in [-0.05, 0) is 18.6 Å². The summed E-state index contributed by atoms with van der Waals surface area (Å²) in [6, 6.07) is 0.973. The number of nitrogens with one attached hydrogen (secondary N) is 1. The van der Waals surface area contributed by atoms with Gasteiger partial charge >= 0.3 is 5.97 Å². The third-order valence-electron chi connectivity index (χ3n) is 5.64. The molecule has 1 fully saturated rings. The monoisotopic (exact) mass is 560 g/mol. The van der Waals surface area contributed by atoms with Gasteiger partial charge in [-0.3, -0.25) is 18.9 Å². The number of anilines is 1. The van der Waals surface area contributed by atoms with E-state index in [4.69, 9.17) is 10.6 Å². The normalized spacial score (nSPS) is 19.6. The fourth-order valence-electron chi connectivity index (χ4n) is 3.96. The van der Waals surface area contributed by atoms with Crippen LogP contribution < -0.4 is 11.1 Å². The van der Waals surface area contributed by atoms with E-state index in [-0.39, 0.29) is 22.2 Å². The lowest BCUT2D eigenvalue weighted by Crippen LogP contribution is -2.71. The number of aryl methyl sites for hydroxylation is 1. The minimum absolute atomic E-state index is 0.0663. The number of thioether (sulfide) groups is 2. The van der Waals surface area contributed by atoms with Crippen molar-refractivity contribution in [3.05, 3.63) is 46.5 Å². The summed E-state index contributed by atoms with van der Waals surface area (Å²) in [4.78, 5) is 56.8. The van der Waals surface area contributed by atoms with Crippen LogP contribution in [0.4, 0.5) is 5.13 Å². The summed E-state index contributed by atoms with van der Waals surface area (Å²) in [5.41, 5.74) is 7.21. The molecule has 0 bridgehead atoms. The molecule has 0 aromatic carbocycles. The number of rotatable bonds is 8. The maximum absolute atomic E-state index is 13.0. The Kier molecular flexibility index (Phi) is 6.78. The van der Waals surface area contributed by atoms with E-state index in [2.05, 4.69) is 25.4 Å². The minimum atomic E-state index is -1.20. The van der Waals surface area contributed by atoms with Crippen LogP contribution >= 0.6 is 34.9 Å². The van der Waals surface area contributed by atoms with Crippen LogP contribution in [0.3, 0.4) is 0 Å². The Balaban J connectivity index is 1.32. The first-order chi connectivity index (χ1) is 17.8. The zero-order valence-electron chi connectivity index (χ0n) is 19.4. The van der Waals surface area contributed by atoms with Gasteiger partial charge in [-0.15, -0.1) is 34.9 Å². The number of β-lactam (4-membered cyclic amide) rings is 1. The molecule has 0 aliphatic carbocycles. The van der Waals surface area contributed by atoms with Crippen LogP contribution in [0.2, 0.25) is 0 Å². The van der Waals surface area contributed by atoms with Crippen LogP contribution in [0.25, 0.3) is 5.78 Å². The molecule has 0 unspecified atom stereocenters. The third kappa shape index (κ3) is 4.62. The summed E-state index contributed by atoms with van der Waals surface area (Å²) in [6.45, 7) is 1.93. The molecule has 3 aromatic heterocycles. The van der Waals surface area contributed by atoms with Crippen molar-refractivity contribution in [2.24, 2.45) is 5.16 Å². The van der Waals surface area contributed by atoms with Crippen molar-refractivity contribution in [3.63, 3.8) is 0 Å². The number of nitrogen functional groups attached to an aromatic ring is 1. The van der Waals surface area contributed by atoms with Gasteiger partial charge in [0.25, 0.3) is 11.8 Å². The molecule has 0 spiro atoms. The Hall–Kier alpha value is -3.63. The zero-order valence-corrected chi connectivity index (χ0v) is 21.9. The van der Waals surface area contributed by atoms with Crippen molar-refractivity contribution >= 4 is 69.3 Å². The summed E-state index contributed by atoms with van der Waals surface area (Å²) < 4.78 is 1.85. The summed E-state index contributed by atoms with van der Waals surface area (Å²) >= 11 is 3.88. The second-order valence-electron chi connectivity index (χ2n) is 7.93. The molecule has 4 N–H and O–H groups in total. The van der Waals surface area contributed by atoms with Gasteiger partial charge in [0, 0.05) is 35.0 Å². The summed E-state index contributed by atoms with van der Waals surface area (Å²) in [6.07, 6.45) is 3.48. The van der Waals surface area contributed by atoms with Gasteiger partial charge in [0.2, 0.25) is 5.78 Å². The minimum Gasteiger partial charge on any atom is -0.477 e. The Morgan fingerprint density at radius 1 is 1.41 bits per heavy atom. The highest BCUT2D eigenvalue weighted by atomic mass is 32.2. The number of thiazole rings is 1. The first kappa shape index (κ1) is 25.0. The van der Waals surface area contributed by atoms with E-state index in [1.807, 2.05) is 23.6 Å². The number of carbonyl (C=O) groups excluding carboxylic acids is 2. The summed E-state index contributed by atoms with van der Waals surface area (Å²) in [5.74, 6) is -1.13. The number of aromatic nitrogens is 4. The average molecular weight is 561 g/mol. The molecular weight excluding hydrogens is 540 g/mol. The van der Waals surface area contributed by atoms with Gasteiger partial charge in [-0.25, -0.2) is 19.7 Å². The van der Waals surface area contributed by atoms with Gasteiger partial charge in [-0.2, -0.15) is 0 Å². The average Bonchev–Trinajstić information content (AvgIpc) is 3.52. The highest BCUT2D eigenvalue weighted by Crippen LogP contribution is 2.41. The number of hydrogen-bond donors (Lipinski definition) is 3. The second kappa shape index (κ2) is 10.0. The standard InChI is InChI=1S/C21H20N8O5S3/c1-9-5-12(25-21-23-3-4-28(9)21)35-6-10-7-36-18-14(17(31)29(18)15(10)19(32)33)26-16(30)13(27-34-2)11-8-37-20(22)24-11/h3-5,8,14,18H,6-7H2,1-2H3,(H2,22,24)(H,26,30)(H,32,33)/t14-,18+/m1/s1. The number of imidazole rings is 1. The molecule has 2 amide bonds. The first-order valence-corrected chi connectivity index (χ1v) is 13.7. The Morgan fingerprint density at radius 3 is 2.92 bits per heavy atom. The Bertz CT molecular complexity index is 1480. The van der Waals surface area contributed by atoms with Crippen molar-refractivity contribution < 1.29 is 24.3 Å². The van der Waals surface area contributed by atoms with Crippen molar-refractivity contribution in [2.45, 2.75) is 23.4 Å². The lowest BCUT2D eigenvalue weighted by atomic mass is 10.0. The quantitative estimate of drug-likeness (QED) is 0.117. The van der Waals surface area contributed by atoms with E-state index >= 15 is 0 Å². The maximum atomic E-state index is 13.0. The highest BCUT2D eigenvalue weighted by molar-refractivity contribution is 8.01. The molecule has 5 heterocycles. The van der Waals surface area contributed by atoms with E-state index < -0.39 is 29.2 Å². The smallest absolute Gasteiger partial charge is 0.352 e. The van der Waals surface area contributed by atoms with E-state index in [1.165, 1.54) is 35.5 Å². The number of hydrogen-bond acceptors (Lipinski definition) is 12. The fourth-order valence-corrected chi connectivity index (χ4v) is 6.95. The van der Waals surface area contributed by atoms with Crippen molar-refractivity contribution in [3.8, 4) is 0 Å². The molecule has 5 rings (SSSR count). The van der Waals surface area contributed by atoms with E-state index in [9.17, 15) is 19.5 Å². The molecule has 16 heteroatoms. The molecule has 37 heavy (non-hydrogen) atoms. The molecule has 2 aliphatic heterocycles. The van der Waals surface area contributed by atoms with Crippen molar-refractivity contribution in [1.29, 1.82) is 0 Å². The maximum Gasteiger partial charge on any atom is 0.352 e. The van der Waals surface area contributed by atoms with Crippen LogP contribution in [-0.2, 0) is 19.2 Å². The van der Waals surface area contributed by atoms with Gasteiger partial charge in [-0.1, -0.05) is 5.16 Å². The molecule has 13 nitrogen and oxygen atoms in total. The van der Waals surface area contributed by atoms with Gasteiger partial charge < -0.3 is 21.0 Å². The zero-order chi connectivity index (χ0) is 26.3. The lowest BCUT2D eigenvalue weighted by Gasteiger charge is -2.49. The number of fused-ring (bicyclic) bond motifs is 2. The molecule has 2 aliphatic rings. The van der Waals surface area contributed by atoms with Crippen LogP contribution in [0.1, 0.15) is 11.4 Å². The van der Waals surface area contributed by atoms with Crippen LogP contribution in [0.5, 0.6) is 0 Å². The molecule has 192 valence electrons. The van der Waals surface area contributed by atoms with E-state index in [1.54, 1.807) is 11.6 Å². The van der Waals surface area contributed by atoms with E-state index in [0.29, 0.717) is 27.9 Å².